The first-order valence-electron chi connectivity index (χ1n) is 8.36. The molecular formula is C20H27N3O. The Balaban J connectivity index is 1.96. The molecule has 0 radical (unpaired) electrons. The molecule has 0 amide bonds. The summed E-state index contributed by atoms with van der Waals surface area (Å²) in [4.78, 5) is 4.67. The Labute approximate surface area is 145 Å². The quantitative estimate of drug-likeness (QED) is 0.606. The summed E-state index contributed by atoms with van der Waals surface area (Å²) in [5.74, 6) is 0.835. The first-order valence-corrected chi connectivity index (χ1v) is 8.36. The van der Waals surface area contributed by atoms with Gasteiger partial charge in [-0.1, -0.05) is 48.5 Å². The highest BCUT2D eigenvalue weighted by molar-refractivity contribution is 5.79. The van der Waals surface area contributed by atoms with E-state index in [1.165, 1.54) is 22.3 Å². The zero-order chi connectivity index (χ0) is 17.2. The Bertz CT molecular complexity index is 650. The van der Waals surface area contributed by atoms with Gasteiger partial charge in [0.1, 0.15) is 0 Å². The number of ether oxygens (including phenoxy) is 1. The van der Waals surface area contributed by atoms with Crippen LogP contribution in [0.3, 0.4) is 0 Å². The lowest BCUT2D eigenvalue weighted by atomic mass is 10.1. The monoisotopic (exact) mass is 325 g/mol. The zero-order valence-electron chi connectivity index (χ0n) is 14.8. The molecule has 0 fully saturated rings. The molecule has 2 rings (SSSR count). The van der Waals surface area contributed by atoms with Gasteiger partial charge in [0.2, 0.25) is 0 Å². The summed E-state index contributed by atoms with van der Waals surface area (Å²) in [6.45, 7) is 7.10. The van der Waals surface area contributed by atoms with Crippen LogP contribution in [0.4, 0.5) is 0 Å². The van der Waals surface area contributed by atoms with Crippen molar-refractivity contribution in [3.8, 4) is 0 Å². The van der Waals surface area contributed by atoms with E-state index in [2.05, 4.69) is 78.0 Å². The van der Waals surface area contributed by atoms with Crippen LogP contribution in [0.15, 0.2) is 53.5 Å². The molecule has 0 spiro atoms. The van der Waals surface area contributed by atoms with Gasteiger partial charge in [-0.25, -0.2) is 4.99 Å². The molecule has 24 heavy (non-hydrogen) atoms. The van der Waals surface area contributed by atoms with Gasteiger partial charge >= 0.3 is 0 Å². The first-order chi connectivity index (χ1) is 11.7. The lowest BCUT2D eigenvalue weighted by Gasteiger charge is -2.12. The number of guanidine groups is 1. The normalized spacial score (nSPS) is 11.4. The van der Waals surface area contributed by atoms with E-state index in [0.29, 0.717) is 13.2 Å². The molecule has 2 aromatic carbocycles. The van der Waals surface area contributed by atoms with Crippen LogP contribution in [0.1, 0.15) is 29.2 Å². The Kier molecular flexibility index (Phi) is 7.30. The Morgan fingerprint density at radius 3 is 2.38 bits per heavy atom. The summed E-state index contributed by atoms with van der Waals surface area (Å²) in [5.41, 5.74) is 4.93. The summed E-state index contributed by atoms with van der Waals surface area (Å²) in [5, 5.41) is 6.69. The van der Waals surface area contributed by atoms with E-state index in [9.17, 15) is 0 Å². The molecule has 2 aromatic rings. The fraction of sp³-hybridized carbons (Fsp3) is 0.350. The molecule has 0 unspecified atom stereocenters. The van der Waals surface area contributed by atoms with Crippen molar-refractivity contribution in [2.24, 2.45) is 4.99 Å². The van der Waals surface area contributed by atoms with Crippen LogP contribution in [0.5, 0.6) is 0 Å². The van der Waals surface area contributed by atoms with E-state index in [4.69, 9.17) is 4.74 Å². The molecule has 0 aliphatic rings. The van der Waals surface area contributed by atoms with E-state index in [1.807, 2.05) is 0 Å². The number of nitrogens with zero attached hydrogens (tertiary/aromatic N) is 1. The highest BCUT2D eigenvalue weighted by Crippen LogP contribution is 2.08. The molecule has 0 bridgehead atoms. The highest BCUT2D eigenvalue weighted by atomic mass is 16.5. The summed E-state index contributed by atoms with van der Waals surface area (Å²) in [7, 11) is 1.71. The van der Waals surface area contributed by atoms with Crippen LogP contribution >= 0.6 is 0 Å². The van der Waals surface area contributed by atoms with E-state index in [1.54, 1.807) is 7.11 Å². The molecule has 0 saturated carbocycles. The van der Waals surface area contributed by atoms with Gasteiger partial charge in [-0.15, -0.1) is 0 Å². The number of hydrogen-bond donors (Lipinski definition) is 2. The summed E-state index contributed by atoms with van der Waals surface area (Å²) >= 11 is 0. The second kappa shape index (κ2) is 9.73. The minimum atomic E-state index is 0.643. The van der Waals surface area contributed by atoms with Gasteiger partial charge in [-0.3, -0.25) is 0 Å². The van der Waals surface area contributed by atoms with Crippen molar-refractivity contribution in [1.29, 1.82) is 0 Å². The number of hydrogen-bond acceptors (Lipinski definition) is 2. The molecule has 0 aliphatic carbocycles. The van der Waals surface area contributed by atoms with E-state index < -0.39 is 0 Å². The average Bonchev–Trinajstić information content (AvgIpc) is 2.60. The summed E-state index contributed by atoms with van der Waals surface area (Å²) < 4.78 is 5.13. The number of methoxy groups -OCH3 is 1. The van der Waals surface area contributed by atoms with Gasteiger partial charge in [-0.05, 0) is 36.1 Å². The van der Waals surface area contributed by atoms with Crippen LogP contribution in [0.25, 0.3) is 0 Å². The molecule has 4 nitrogen and oxygen atoms in total. The third-order valence-electron chi connectivity index (χ3n) is 3.81. The average molecular weight is 325 g/mol. The fourth-order valence-electron chi connectivity index (χ4n) is 2.41. The molecular weight excluding hydrogens is 298 g/mol. The third-order valence-corrected chi connectivity index (χ3v) is 3.81. The Morgan fingerprint density at radius 2 is 1.71 bits per heavy atom. The van der Waals surface area contributed by atoms with Gasteiger partial charge in [-0.2, -0.15) is 0 Å². The number of aryl methyl sites for hydroxylation is 1. The Morgan fingerprint density at radius 1 is 1.00 bits per heavy atom. The van der Waals surface area contributed by atoms with E-state index in [-0.39, 0.29) is 0 Å². The van der Waals surface area contributed by atoms with Crippen LogP contribution in [-0.4, -0.2) is 19.6 Å². The van der Waals surface area contributed by atoms with Gasteiger partial charge in [0.05, 0.1) is 13.2 Å². The minimum absolute atomic E-state index is 0.643. The van der Waals surface area contributed by atoms with Gasteiger partial charge < -0.3 is 15.4 Å². The van der Waals surface area contributed by atoms with Crippen LogP contribution in [0, 0.1) is 6.92 Å². The minimum Gasteiger partial charge on any atom is -0.380 e. The maximum Gasteiger partial charge on any atom is 0.191 e. The van der Waals surface area contributed by atoms with Crippen LogP contribution < -0.4 is 10.6 Å². The molecule has 0 atom stereocenters. The molecule has 0 heterocycles. The van der Waals surface area contributed by atoms with E-state index >= 15 is 0 Å². The molecule has 0 aromatic heterocycles. The predicted molar refractivity (Wildman–Crippen MR) is 100.0 cm³/mol. The van der Waals surface area contributed by atoms with Crippen molar-refractivity contribution in [3.63, 3.8) is 0 Å². The fourth-order valence-corrected chi connectivity index (χ4v) is 2.41. The van der Waals surface area contributed by atoms with Crippen molar-refractivity contribution in [1.82, 2.24) is 10.6 Å². The van der Waals surface area contributed by atoms with Gasteiger partial charge in [0.25, 0.3) is 0 Å². The van der Waals surface area contributed by atoms with Crippen molar-refractivity contribution >= 4 is 5.96 Å². The predicted octanol–water partition coefficient (Wildman–Crippen LogP) is 3.40. The molecule has 128 valence electrons. The van der Waals surface area contributed by atoms with E-state index in [0.717, 1.165) is 19.0 Å². The van der Waals surface area contributed by atoms with Crippen molar-refractivity contribution in [3.05, 3.63) is 70.8 Å². The van der Waals surface area contributed by atoms with Crippen molar-refractivity contribution < 1.29 is 4.74 Å². The number of benzene rings is 2. The largest absolute Gasteiger partial charge is 0.380 e. The number of nitrogens with one attached hydrogen (secondary N) is 2. The standard InChI is InChI=1S/C20H27N3O/c1-4-21-20(23-14-19-8-6-5-7-16(19)2)22-13-17-9-11-18(12-10-17)15-24-3/h5-12H,4,13-15H2,1-3H3,(H2,21,22,23). The first kappa shape index (κ1) is 18.0. The van der Waals surface area contributed by atoms with Crippen molar-refractivity contribution in [2.45, 2.75) is 33.5 Å². The highest BCUT2D eigenvalue weighted by Gasteiger charge is 2.01. The third kappa shape index (κ3) is 5.70. The maximum absolute atomic E-state index is 5.13. The molecule has 4 heteroatoms. The number of aliphatic imine (C=N–C) groups is 1. The SMILES string of the molecule is CCNC(=NCc1ccc(COC)cc1)NCc1ccccc1C. The second-order valence-electron chi connectivity index (χ2n) is 5.72. The van der Waals surface area contributed by atoms with Crippen LogP contribution in [0.2, 0.25) is 0 Å². The molecule has 0 aliphatic heterocycles. The van der Waals surface area contributed by atoms with Crippen LogP contribution in [-0.2, 0) is 24.4 Å². The van der Waals surface area contributed by atoms with Gasteiger partial charge in [0, 0.05) is 20.2 Å². The molecule has 2 N–H and O–H groups in total. The second-order valence-corrected chi connectivity index (χ2v) is 5.72. The Hall–Kier alpha value is -2.33. The topological polar surface area (TPSA) is 45.7 Å². The molecule has 0 saturated heterocycles. The smallest absolute Gasteiger partial charge is 0.191 e. The maximum atomic E-state index is 5.13. The lowest BCUT2D eigenvalue weighted by molar-refractivity contribution is 0.185. The van der Waals surface area contributed by atoms with Crippen molar-refractivity contribution in [2.75, 3.05) is 13.7 Å². The number of rotatable bonds is 7. The lowest BCUT2D eigenvalue weighted by Crippen LogP contribution is -2.36. The summed E-state index contributed by atoms with van der Waals surface area (Å²) in [6.07, 6.45) is 0. The van der Waals surface area contributed by atoms with Gasteiger partial charge in [0.15, 0.2) is 5.96 Å². The zero-order valence-corrected chi connectivity index (χ0v) is 14.8. The summed E-state index contributed by atoms with van der Waals surface area (Å²) in [6, 6.07) is 16.8.